The quantitative estimate of drug-likeness (QED) is 0.544. The highest BCUT2D eigenvalue weighted by atomic mass is 16.5. The van der Waals surface area contributed by atoms with Crippen LogP contribution in [-0.4, -0.2) is 43.4 Å². The number of amides is 2. The van der Waals surface area contributed by atoms with E-state index >= 15 is 0 Å². The predicted molar refractivity (Wildman–Crippen MR) is 68.5 cm³/mol. The molecule has 0 aliphatic heterocycles. The van der Waals surface area contributed by atoms with Crippen LogP contribution in [0.2, 0.25) is 0 Å². The van der Waals surface area contributed by atoms with E-state index in [1.165, 1.54) is 0 Å². The number of urea groups is 1. The Morgan fingerprint density at radius 1 is 1.33 bits per heavy atom. The van der Waals surface area contributed by atoms with Crippen molar-refractivity contribution < 1.29 is 19.4 Å². The Bertz CT molecular complexity index is 258. The number of nitrogens with one attached hydrogen (secondary N) is 2. The van der Waals surface area contributed by atoms with Gasteiger partial charge in [0.1, 0.15) is 6.04 Å². The number of unbranched alkanes of at least 4 members (excludes halogenated alkanes) is 1. The molecule has 2 unspecified atom stereocenters. The first kappa shape index (κ1) is 16.7. The van der Waals surface area contributed by atoms with Gasteiger partial charge >= 0.3 is 12.0 Å². The Morgan fingerprint density at radius 3 is 2.50 bits per heavy atom. The third-order valence-electron chi connectivity index (χ3n) is 2.83. The molecule has 0 bridgehead atoms. The SMILES string of the molecule is CCC(C)C(NC(=O)NCCCCOC)C(=O)O. The first-order chi connectivity index (χ1) is 8.52. The number of carbonyl (C=O) groups excluding carboxylic acids is 1. The van der Waals surface area contributed by atoms with Gasteiger partial charge < -0.3 is 20.5 Å². The highest BCUT2D eigenvalue weighted by molar-refractivity contribution is 5.82. The number of hydrogen-bond donors (Lipinski definition) is 3. The van der Waals surface area contributed by atoms with Crippen LogP contribution >= 0.6 is 0 Å². The van der Waals surface area contributed by atoms with E-state index in [4.69, 9.17) is 9.84 Å². The van der Waals surface area contributed by atoms with Crippen LogP contribution in [0.5, 0.6) is 0 Å². The van der Waals surface area contributed by atoms with Crippen LogP contribution in [0.4, 0.5) is 4.79 Å². The van der Waals surface area contributed by atoms with Gasteiger partial charge in [-0.1, -0.05) is 20.3 Å². The smallest absolute Gasteiger partial charge is 0.326 e. The van der Waals surface area contributed by atoms with Crippen molar-refractivity contribution in [2.75, 3.05) is 20.3 Å². The average molecular weight is 260 g/mol. The van der Waals surface area contributed by atoms with E-state index in [-0.39, 0.29) is 5.92 Å². The number of hydrogen-bond acceptors (Lipinski definition) is 3. The van der Waals surface area contributed by atoms with E-state index in [0.29, 0.717) is 19.6 Å². The van der Waals surface area contributed by atoms with Crippen molar-refractivity contribution in [1.29, 1.82) is 0 Å². The lowest BCUT2D eigenvalue weighted by molar-refractivity contribution is -0.140. The standard InChI is InChI=1S/C12H24N2O4/c1-4-9(2)10(11(15)16)14-12(17)13-7-5-6-8-18-3/h9-10H,4-8H2,1-3H3,(H,15,16)(H2,13,14,17). The molecule has 0 rings (SSSR count). The number of rotatable bonds is 9. The lowest BCUT2D eigenvalue weighted by Gasteiger charge is -2.20. The topological polar surface area (TPSA) is 87.7 Å². The summed E-state index contributed by atoms with van der Waals surface area (Å²) in [5.41, 5.74) is 0. The van der Waals surface area contributed by atoms with Crippen LogP contribution in [0.1, 0.15) is 33.1 Å². The summed E-state index contributed by atoms with van der Waals surface area (Å²) in [5.74, 6) is -1.10. The molecule has 0 spiro atoms. The van der Waals surface area contributed by atoms with E-state index in [0.717, 1.165) is 12.8 Å². The molecule has 0 aromatic carbocycles. The number of carbonyl (C=O) groups is 2. The third-order valence-corrected chi connectivity index (χ3v) is 2.83. The zero-order chi connectivity index (χ0) is 14.0. The molecule has 106 valence electrons. The van der Waals surface area contributed by atoms with Gasteiger partial charge in [-0.2, -0.15) is 0 Å². The minimum atomic E-state index is -1.00. The summed E-state index contributed by atoms with van der Waals surface area (Å²) in [4.78, 5) is 22.5. The third kappa shape index (κ3) is 7.11. The molecular formula is C12H24N2O4. The highest BCUT2D eigenvalue weighted by Crippen LogP contribution is 2.07. The van der Waals surface area contributed by atoms with Crippen LogP contribution in [0.15, 0.2) is 0 Å². The Hall–Kier alpha value is -1.30. The zero-order valence-electron chi connectivity index (χ0n) is 11.4. The van der Waals surface area contributed by atoms with Gasteiger partial charge in [-0.3, -0.25) is 0 Å². The molecule has 0 aromatic rings. The van der Waals surface area contributed by atoms with Crippen molar-refractivity contribution >= 4 is 12.0 Å². The van der Waals surface area contributed by atoms with Gasteiger partial charge in [0, 0.05) is 20.3 Å². The summed E-state index contributed by atoms with van der Waals surface area (Å²) in [7, 11) is 1.63. The molecule has 2 atom stereocenters. The molecule has 0 aliphatic rings. The van der Waals surface area contributed by atoms with Crippen molar-refractivity contribution in [3.8, 4) is 0 Å². The maximum absolute atomic E-state index is 11.5. The first-order valence-electron chi connectivity index (χ1n) is 6.29. The summed E-state index contributed by atoms with van der Waals surface area (Å²) in [6.45, 7) is 4.87. The second kappa shape index (κ2) is 9.70. The number of ether oxygens (including phenoxy) is 1. The molecule has 0 heterocycles. The van der Waals surface area contributed by atoms with Gasteiger partial charge in [-0.15, -0.1) is 0 Å². The maximum atomic E-state index is 11.5. The molecule has 6 nitrogen and oxygen atoms in total. The summed E-state index contributed by atoms with van der Waals surface area (Å²) in [5, 5.41) is 14.1. The molecule has 2 amide bonds. The molecule has 0 fully saturated rings. The Morgan fingerprint density at radius 2 is 2.00 bits per heavy atom. The molecule has 3 N–H and O–H groups in total. The van der Waals surface area contributed by atoms with Gasteiger partial charge in [0.05, 0.1) is 0 Å². The maximum Gasteiger partial charge on any atom is 0.326 e. The van der Waals surface area contributed by atoms with Crippen LogP contribution in [0, 0.1) is 5.92 Å². The average Bonchev–Trinajstić information content (AvgIpc) is 2.34. The number of carboxylic acid groups (broad SMARTS) is 1. The van der Waals surface area contributed by atoms with Crippen LogP contribution < -0.4 is 10.6 Å². The van der Waals surface area contributed by atoms with Gasteiger partial charge in [0.2, 0.25) is 0 Å². The molecular weight excluding hydrogens is 236 g/mol. The number of methoxy groups -OCH3 is 1. The van der Waals surface area contributed by atoms with Gasteiger partial charge in [0.15, 0.2) is 0 Å². The molecule has 0 aliphatic carbocycles. The van der Waals surface area contributed by atoms with E-state index < -0.39 is 18.0 Å². The van der Waals surface area contributed by atoms with Crippen molar-refractivity contribution in [2.24, 2.45) is 5.92 Å². The zero-order valence-corrected chi connectivity index (χ0v) is 11.4. The fraction of sp³-hybridized carbons (Fsp3) is 0.833. The second-order valence-electron chi connectivity index (χ2n) is 4.30. The Labute approximate surface area is 108 Å². The van der Waals surface area contributed by atoms with Gasteiger partial charge in [-0.05, 0) is 18.8 Å². The molecule has 0 radical (unpaired) electrons. The molecule has 0 saturated carbocycles. The van der Waals surface area contributed by atoms with Crippen LogP contribution in [0.25, 0.3) is 0 Å². The van der Waals surface area contributed by atoms with Crippen LogP contribution in [0.3, 0.4) is 0 Å². The van der Waals surface area contributed by atoms with Gasteiger partial charge in [-0.25, -0.2) is 9.59 Å². The predicted octanol–water partition coefficient (Wildman–Crippen LogP) is 1.21. The fourth-order valence-electron chi connectivity index (χ4n) is 1.45. The normalized spacial score (nSPS) is 13.7. The second-order valence-corrected chi connectivity index (χ2v) is 4.30. The summed E-state index contributed by atoms with van der Waals surface area (Å²) >= 11 is 0. The fourth-order valence-corrected chi connectivity index (χ4v) is 1.45. The lowest BCUT2D eigenvalue weighted by atomic mass is 9.99. The van der Waals surface area contributed by atoms with Crippen molar-refractivity contribution in [2.45, 2.75) is 39.2 Å². The van der Waals surface area contributed by atoms with Gasteiger partial charge in [0.25, 0.3) is 0 Å². The van der Waals surface area contributed by atoms with E-state index in [9.17, 15) is 9.59 Å². The highest BCUT2D eigenvalue weighted by Gasteiger charge is 2.24. The number of carboxylic acids is 1. The Balaban J connectivity index is 3.92. The minimum Gasteiger partial charge on any atom is -0.480 e. The summed E-state index contributed by atoms with van der Waals surface area (Å²) in [6.07, 6.45) is 2.37. The van der Waals surface area contributed by atoms with Crippen molar-refractivity contribution in [3.63, 3.8) is 0 Å². The molecule has 6 heteroatoms. The van der Waals surface area contributed by atoms with E-state index in [1.54, 1.807) is 14.0 Å². The molecule has 0 saturated heterocycles. The van der Waals surface area contributed by atoms with Crippen molar-refractivity contribution in [3.05, 3.63) is 0 Å². The molecule has 0 aromatic heterocycles. The monoisotopic (exact) mass is 260 g/mol. The number of aliphatic carboxylic acids is 1. The minimum absolute atomic E-state index is 0.0956. The van der Waals surface area contributed by atoms with E-state index in [1.807, 2.05) is 6.92 Å². The van der Waals surface area contributed by atoms with Crippen molar-refractivity contribution in [1.82, 2.24) is 10.6 Å². The van der Waals surface area contributed by atoms with E-state index in [2.05, 4.69) is 10.6 Å². The largest absolute Gasteiger partial charge is 0.480 e. The molecule has 18 heavy (non-hydrogen) atoms. The summed E-state index contributed by atoms with van der Waals surface area (Å²) < 4.78 is 4.88. The van der Waals surface area contributed by atoms with Crippen LogP contribution in [-0.2, 0) is 9.53 Å². The lowest BCUT2D eigenvalue weighted by Crippen LogP contribution is -2.49. The summed E-state index contributed by atoms with van der Waals surface area (Å²) in [6, 6.07) is -1.27. The Kier molecular flexibility index (Phi) is 9.00. The first-order valence-corrected chi connectivity index (χ1v) is 6.29.